The Kier molecular flexibility index (Phi) is 10.7. The van der Waals surface area contributed by atoms with Gasteiger partial charge in [-0.3, -0.25) is 4.99 Å². The lowest BCUT2D eigenvalue weighted by Gasteiger charge is -2.31. The minimum Gasteiger partial charge on any atom is -0.331 e. The number of hydrogen-bond donors (Lipinski definition) is 0. The zero-order valence-electron chi connectivity index (χ0n) is 27.1. The Hall–Kier alpha value is -3.71. The molecule has 0 aliphatic carbocycles. The number of hydrogen-bond acceptors (Lipinski definition) is 5. The maximum absolute atomic E-state index is 15.5. The third-order valence-corrected chi connectivity index (χ3v) is 8.85. The highest BCUT2D eigenvalue weighted by Crippen LogP contribution is 2.29. The highest BCUT2D eigenvalue weighted by molar-refractivity contribution is 6.10. The van der Waals surface area contributed by atoms with Gasteiger partial charge in [0, 0.05) is 30.5 Å². The summed E-state index contributed by atoms with van der Waals surface area (Å²) in [4.78, 5) is 11.5. The number of imidazole rings is 1. The summed E-state index contributed by atoms with van der Waals surface area (Å²) in [6, 6.07) is 13.7. The Morgan fingerprint density at radius 1 is 1.02 bits per heavy atom. The Morgan fingerprint density at radius 3 is 2.59 bits per heavy atom. The molecule has 3 heterocycles. The summed E-state index contributed by atoms with van der Waals surface area (Å²) < 4.78 is 17.7. The molecule has 5 rings (SSSR count). The SMILES string of the molecule is CN=C(/C=C(/C)CCCC(C)C=C(C)C)c1cc(F)c2cc(C3CCN(CCCn4cnc5ccccc54)CC3)nnc2c1. The molecule has 6 nitrogen and oxygen atoms in total. The Balaban J connectivity index is 1.16. The van der Waals surface area contributed by atoms with E-state index in [1.165, 1.54) is 16.7 Å². The molecule has 2 aromatic heterocycles. The van der Waals surface area contributed by atoms with Gasteiger partial charge in [0.1, 0.15) is 5.82 Å². The van der Waals surface area contributed by atoms with Gasteiger partial charge in [0.15, 0.2) is 0 Å². The minimum atomic E-state index is -0.263. The monoisotopic (exact) mass is 594 g/mol. The number of fused-ring (bicyclic) bond motifs is 2. The maximum Gasteiger partial charge on any atom is 0.133 e. The summed E-state index contributed by atoms with van der Waals surface area (Å²) in [5, 5.41) is 9.62. The molecule has 1 unspecified atom stereocenters. The molecule has 1 atom stereocenters. The van der Waals surface area contributed by atoms with E-state index in [1.807, 2.05) is 24.5 Å². The van der Waals surface area contributed by atoms with E-state index in [0.29, 0.717) is 22.7 Å². The highest BCUT2D eigenvalue weighted by Gasteiger charge is 2.23. The van der Waals surface area contributed by atoms with Gasteiger partial charge in [0.05, 0.1) is 34.3 Å². The zero-order chi connectivity index (χ0) is 31.1. The topological polar surface area (TPSA) is 59.2 Å². The third kappa shape index (κ3) is 8.06. The number of aryl methyl sites for hydroxylation is 1. The molecule has 44 heavy (non-hydrogen) atoms. The van der Waals surface area contributed by atoms with Crippen molar-refractivity contribution in [3.8, 4) is 0 Å². The second-order valence-electron chi connectivity index (χ2n) is 12.8. The van der Waals surface area contributed by atoms with E-state index in [-0.39, 0.29) is 5.82 Å². The van der Waals surface area contributed by atoms with Crippen LogP contribution in [0.3, 0.4) is 0 Å². The van der Waals surface area contributed by atoms with Crippen molar-refractivity contribution in [2.75, 3.05) is 26.7 Å². The number of allylic oxidation sites excluding steroid dienone is 4. The molecular formula is C37H47FN6. The summed E-state index contributed by atoms with van der Waals surface area (Å²) in [5.41, 5.74) is 7.86. The second-order valence-corrected chi connectivity index (χ2v) is 12.8. The number of rotatable bonds is 12. The Labute approximate surface area is 261 Å². The standard InChI is InChI=1S/C37H47FN6/c1-26(2)20-27(3)10-8-11-28(4)21-34(39-5)30-22-32(38)31-24-35(41-42-36(31)23-30)29-14-18-43(19-15-29)16-9-17-44-25-40-33-12-6-7-13-37(33)44/h6-7,12-13,20-25,27,29H,8-11,14-19H2,1-5H3/b28-21-,39-34?. The lowest BCUT2D eigenvalue weighted by Crippen LogP contribution is -2.34. The smallest absolute Gasteiger partial charge is 0.133 e. The molecule has 2 aromatic carbocycles. The van der Waals surface area contributed by atoms with Gasteiger partial charge in [0.2, 0.25) is 0 Å². The normalized spacial score (nSPS) is 16.1. The van der Waals surface area contributed by atoms with Crippen LogP contribution in [0.2, 0.25) is 0 Å². The summed E-state index contributed by atoms with van der Waals surface area (Å²) in [5.74, 6) is 0.621. The van der Waals surface area contributed by atoms with Crippen LogP contribution in [0.1, 0.15) is 83.4 Å². The van der Waals surface area contributed by atoms with Crippen molar-refractivity contribution in [1.29, 1.82) is 0 Å². The molecule has 0 saturated carbocycles. The minimum absolute atomic E-state index is 0.263. The number of aliphatic imine (C=N–C) groups is 1. The first kappa shape index (κ1) is 31.7. The summed E-state index contributed by atoms with van der Waals surface area (Å²) in [6.45, 7) is 12.8. The number of para-hydroxylation sites is 2. The fraction of sp³-hybridized carbons (Fsp3) is 0.459. The van der Waals surface area contributed by atoms with Crippen LogP contribution < -0.4 is 0 Å². The zero-order valence-corrected chi connectivity index (χ0v) is 27.1. The molecule has 1 aliphatic rings. The predicted octanol–water partition coefficient (Wildman–Crippen LogP) is 8.53. The molecular weight excluding hydrogens is 547 g/mol. The average molecular weight is 595 g/mol. The predicted molar refractivity (Wildman–Crippen MR) is 181 cm³/mol. The number of aromatic nitrogens is 4. The van der Waals surface area contributed by atoms with Gasteiger partial charge in [0.25, 0.3) is 0 Å². The van der Waals surface area contributed by atoms with Gasteiger partial charge < -0.3 is 9.47 Å². The van der Waals surface area contributed by atoms with E-state index >= 15 is 4.39 Å². The number of likely N-dealkylation sites (tertiary alicyclic amines) is 1. The number of nitrogens with zero attached hydrogens (tertiary/aromatic N) is 6. The van der Waals surface area contributed by atoms with Crippen molar-refractivity contribution in [2.45, 2.75) is 78.7 Å². The summed E-state index contributed by atoms with van der Waals surface area (Å²) >= 11 is 0. The lowest BCUT2D eigenvalue weighted by atomic mass is 9.92. The molecule has 0 N–H and O–H groups in total. The van der Waals surface area contributed by atoms with Crippen molar-refractivity contribution >= 4 is 27.6 Å². The molecule has 232 valence electrons. The van der Waals surface area contributed by atoms with Gasteiger partial charge in [-0.2, -0.15) is 10.2 Å². The van der Waals surface area contributed by atoms with E-state index in [9.17, 15) is 0 Å². The number of piperidine rings is 1. The molecule has 1 aliphatic heterocycles. The van der Waals surface area contributed by atoms with E-state index in [1.54, 1.807) is 13.1 Å². The Bertz CT molecular complexity index is 1650. The fourth-order valence-corrected chi connectivity index (χ4v) is 6.51. The van der Waals surface area contributed by atoms with Crippen molar-refractivity contribution in [3.05, 3.63) is 89.2 Å². The molecule has 0 spiro atoms. The molecule has 1 saturated heterocycles. The highest BCUT2D eigenvalue weighted by atomic mass is 19.1. The average Bonchev–Trinajstić information content (AvgIpc) is 3.42. The molecule has 0 bridgehead atoms. The van der Waals surface area contributed by atoms with Gasteiger partial charge in [-0.1, -0.05) is 36.3 Å². The first-order valence-electron chi connectivity index (χ1n) is 16.2. The van der Waals surface area contributed by atoms with Gasteiger partial charge in [-0.25, -0.2) is 9.37 Å². The van der Waals surface area contributed by atoms with Crippen LogP contribution in [-0.2, 0) is 6.54 Å². The fourth-order valence-electron chi connectivity index (χ4n) is 6.51. The van der Waals surface area contributed by atoms with E-state index in [2.05, 4.69) is 87.7 Å². The molecule has 1 fully saturated rings. The molecule has 4 aromatic rings. The number of benzene rings is 2. The van der Waals surface area contributed by atoms with Crippen LogP contribution >= 0.6 is 0 Å². The van der Waals surface area contributed by atoms with Gasteiger partial charge in [-0.05, 0) is 121 Å². The second kappa shape index (κ2) is 14.8. The van der Waals surface area contributed by atoms with E-state index in [0.717, 1.165) is 87.2 Å². The summed E-state index contributed by atoms with van der Waals surface area (Å²) in [6.07, 6.45) is 12.7. The van der Waals surface area contributed by atoms with Crippen LogP contribution in [0.25, 0.3) is 21.9 Å². The maximum atomic E-state index is 15.5. The van der Waals surface area contributed by atoms with Crippen molar-refractivity contribution in [2.24, 2.45) is 10.9 Å². The third-order valence-electron chi connectivity index (χ3n) is 8.85. The van der Waals surface area contributed by atoms with Crippen LogP contribution in [0.15, 0.2) is 77.1 Å². The van der Waals surface area contributed by atoms with Crippen LogP contribution in [0, 0.1) is 11.7 Å². The van der Waals surface area contributed by atoms with Crippen molar-refractivity contribution in [3.63, 3.8) is 0 Å². The molecule has 0 amide bonds. The first-order valence-corrected chi connectivity index (χ1v) is 16.2. The van der Waals surface area contributed by atoms with Crippen LogP contribution in [0.4, 0.5) is 4.39 Å². The van der Waals surface area contributed by atoms with E-state index in [4.69, 9.17) is 0 Å². The Morgan fingerprint density at radius 2 is 1.82 bits per heavy atom. The largest absolute Gasteiger partial charge is 0.331 e. The van der Waals surface area contributed by atoms with Crippen molar-refractivity contribution < 1.29 is 4.39 Å². The van der Waals surface area contributed by atoms with Gasteiger partial charge >= 0.3 is 0 Å². The molecule has 0 radical (unpaired) electrons. The molecule has 7 heteroatoms. The van der Waals surface area contributed by atoms with Gasteiger partial charge in [-0.15, -0.1) is 0 Å². The number of halogens is 1. The van der Waals surface area contributed by atoms with Crippen molar-refractivity contribution in [1.82, 2.24) is 24.6 Å². The lowest BCUT2D eigenvalue weighted by molar-refractivity contribution is 0.206. The van der Waals surface area contributed by atoms with Crippen LogP contribution in [0.5, 0.6) is 0 Å². The van der Waals surface area contributed by atoms with Crippen LogP contribution in [-0.4, -0.2) is 57.0 Å². The van der Waals surface area contributed by atoms with E-state index < -0.39 is 0 Å². The first-order chi connectivity index (χ1) is 21.3. The summed E-state index contributed by atoms with van der Waals surface area (Å²) in [7, 11) is 1.76. The quantitative estimate of drug-likeness (QED) is 0.122.